The summed E-state index contributed by atoms with van der Waals surface area (Å²) in [6, 6.07) is 18.0. The van der Waals surface area contributed by atoms with Crippen molar-refractivity contribution in [3.8, 4) is 22.8 Å². The molecule has 4 heteroatoms. The van der Waals surface area contributed by atoms with Crippen LogP contribution in [0.3, 0.4) is 0 Å². The van der Waals surface area contributed by atoms with Crippen molar-refractivity contribution in [3.05, 3.63) is 54.6 Å². The van der Waals surface area contributed by atoms with E-state index >= 15 is 0 Å². The van der Waals surface area contributed by atoms with Crippen LogP contribution >= 0.6 is 0 Å². The summed E-state index contributed by atoms with van der Waals surface area (Å²) in [6.07, 6.45) is 0. The molecule has 1 aromatic heterocycles. The zero-order valence-corrected chi connectivity index (χ0v) is 12.9. The predicted molar refractivity (Wildman–Crippen MR) is 90.1 cm³/mol. The summed E-state index contributed by atoms with van der Waals surface area (Å²) < 4.78 is 15.9. The minimum atomic E-state index is 0.717. The molecule has 0 spiro atoms. The molecule has 0 radical (unpaired) electrons. The number of nitrogens with zero attached hydrogens (tertiary/aromatic N) is 1. The van der Waals surface area contributed by atoms with Crippen molar-refractivity contribution < 1.29 is 14.0 Å². The number of hydrogen-bond donors (Lipinski definition) is 0. The maximum absolute atomic E-state index is 5.44. The molecule has 0 N–H and O–H groups in total. The number of fused-ring (bicyclic) bond motifs is 2. The van der Waals surface area contributed by atoms with Crippen LogP contribution in [0.1, 0.15) is 0 Å². The second kappa shape index (κ2) is 5.32. The van der Waals surface area contributed by atoms with Crippen molar-refractivity contribution in [2.75, 3.05) is 14.2 Å². The zero-order valence-electron chi connectivity index (χ0n) is 12.9. The van der Waals surface area contributed by atoms with Crippen LogP contribution < -0.4 is 9.47 Å². The van der Waals surface area contributed by atoms with Crippen LogP contribution in [0, 0.1) is 0 Å². The van der Waals surface area contributed by atoms with Crippen LogP contribution in [0.25, 0.3) is 33.0 Å². The standard InChI is InChI=1S/C19H15NO3/c1-21-15-6-5-12-9-14(4-3-13(12)10-15)19-17-8-7-16(22-2)11-18(17)23-20-19/h3-11H,1-2H3. The fraction of sp³-hybridized carbons (Fsp3) is 0.105. The van der Waals surface area contributed by atoms with Gasteiger partial charge in [-0.3, -0.25) is 0 Å². The highest BCUT2D eigenvalue weighted by Gasteiger charge is 2.12. The fourth-order valence-electron chi connectivity index (χ4n) is 2.75. The lowest BCUT2D eigenvalue weighted by Gasteiger charge is -2.04. The summed E-state index contributed by atoms with van der Waals surface area (Å²) in [5.41, 5.74) is 2.57. The molecule has 23 heavy (non-hydrogen) atoms. The van der Waals surface area contributed by atoms with Gasteiger partial charge in [0.1, 0.15) is 17.2 Å². The first-order valence-corrected chi connectivity index (χ1v) is 7.30. The predicted octanol–water partition coefficient (Wildman–Crippen LogP) is 4.67. The van der Waals surface area contributed by atoms with Crippen molar-refractivity contribution in [3.63, 3.8) is 0 Å². The molecule has 4 rings (SSSR count). The van der Waals surface area contributed by atoms with E-state index in [1.807, 2.05) is 42.5 Å². The molecule has 0 saturated heterocycles. The van der Waals surface area contributed by atoms with E-state index in [0.29, 0.717) is 5.58 Å². The van der Waals surface area contributed by atoms with E-state index in [-0.39, 0.29) is 0 Å². The van der Waals surface area contributed by atoms with Gasteiger partial charge >= 0.3 is 0 Å². The third-order valence-corrected chi connectivity index (χ3v) is 4.00. The fourth-order valence-corrected chi connectivity index (χ4v) is 2.75. The van der Waals surface area contributed by atoms with E-state index in [1.54, 1.807) is 14.2 Å². The summed E-state index contributed by atoms with van der Waals surface area (Å²) in [4.78, 5) is 0. The Morgan fingerprint density at radius 3 is 2.30 bits per heavy atom. The Balaban J connectivity index is 1.85. The van der Waals surface area contributed by atoms with E-state index in [9.17, 15) is 0 Å². The molecule has 114 valence electrons. The Bertz CT molecular complexity index is 1000. The number of aromatic nitrogens is 1. The molecule has 0 aliphatic carbocycles. The maximum Gasteiger partial charge on any atom is 0.171 e. The van der Waals surface area contributed by atoms with Crippen LogP contribution in [0.4, 0.5) is 0 Å². The van der Waals surface area contributed by atoms with Crippen LogP contribution in [0.5, 0.6) is 11.5 Å². The molecule has 4 aromatic rings. The van der Waals surface area contributed by atoms with Gasteiger partial charge in [-0.15, -0.1) is 0 Å². The van der Waals surface area contributed by atoms with Crippen LogP contribution in [0.15, 0.2) is 59.1 Å². The van der Waals surface area contributed by atoms with Crippen molar-refractivity contribution >= 4 is 21.7 Å². The summed E-state index contributed by atoms with van der Waals surface area (Å²) in [7, 11) is 3.31. The van der Waals surface area contributed by atoms with Crippen LogP contribution in [-0.2, 0) is 0 Å². The monoisotopic (exact) mass is 305 g/mol. The number of rotatable bonds is 3. The molecule has 3 aromatic carbocycles. The molecule has 0 fully saturated rings. The Kier molecular flexibility index (Phi) is 3.15. The van der Waals surface area contributed by atoms with Gasteiger partial charge in [0.2, 0.25) is 0 Å². The first-order valence-electron chi connectivity index (χ1n) is 7.30. The van der Waals surface area contributed by atoms with Gasteiger partial charge < -0.3 is 14.0 Å². The smallest absolute Gasteiger partial charge is 0.171 e. The average Bonchev–Trinajstić information content (AvgIpc) is 3.03. The van der Waals surface area contributed by atoms with E-state index in [4.69, 9.17) is 14.0 Å². The highest BCUT2D eigenvalue weighted by molar-refractivity contribution is 5.95. The Morgan fingerprint density at radius 2 is 1.48 bits per heavy atom. The summed E-state index contributed by atoms with van der Waals surface area (Å²) in [5.74, 6) is 1.61. The minimum absolute atomic E-state index is 0.717. The molecule has 0 aliphatic heterocycles. The largest absolute Gasteiger partial charge is 0.497 e. The molecule has 1 heterocycles. The Hall–Kier alpha value is -3.01. The minimum Gasteiger partial charge on any atom is -0.497 e. The van der Waals surface area contributed by atoms with Gasteiger partial charge in [-0.2, -0.15) is 0 Å². The summed E-state index contributed by atoms with van der Waals surface area (Å²) in [5, 5.41) is 7.46. The molecule has 0 bridgehead atoms. The SMILES string of the molecule is COc1ccc2cc(-c3noc4cc(OC)ccc34)ccc2c1. The Morgan fingerprint density at radius 1 is 0.783 bits per heavy atom. The topological polar surface area (TPSA) is 44.5 Å². The highest BCUT2D eigenvalue weighted by atomic mass is 16.5. The van der Waals surface area contributed by atoms with Gasteiger partial charge in [0.05, 0.1) is 14.2 Å². The molecular formula is C19H15NO3. The van der Waals surface area contributed by atoms with E-state index < -0.39 is 0 Å². The molecule has 0 atom stereocenters. The third kappa shape index (κ3) is 2.28. The lowest BCUT2D eigenvalue weighted by atomic mass is 10.0. The van der Waals surface area contributed by atoms with Gasteiger partial charge in [0, 0.05) is 17.0 Å². The second-order valence-corrected chi connectivity index (χ2v) is 5.32. The first-order chi connectivity index (χ1) is 11.3. The second-order valence-electron chi connectivity index (χ2n) is 5.32. The number of hydrogen-bond acceptors (Lipinski definition) is 4. The zero-order chi connectivity index (χ0) is 15.8. The lowest BCUT2D eigenvalue weighted by Crippen LogP contribution is -1.84. The Labute approximate surface area is 133 Å². The van der Waals surface area contributed by atoms with Gasteiger partial charge in [-0.25, -0.2) is 0 Å². The number of benzene rings is 3. The normalized spacial score (nSPS) is 11.0. The molecular weight excluding hydrogens is 290 g/mol. The van der Waals surface area contributed by atoms with Crippen molar-refractivity contribution in [2.24, 2.45) is 0 Å². The molecule has 0 unspecified atom stereocenters. The highest BCUT2D eigenvalue weighted by Crippen LogP contribution is 2.32. The van der Waals surface area contributed by atoms with Crippen molar-refractivity contribution in [1.29, 1.82) is 0 Å². The van der Waals surface area contributed by atoms with Crippen molar-refractivity contribution in [1.82, 2.24) is 5.16 Å². The van der Waals surface area contributed by atoms with Gasteiger partial charge in [0.15, 0.2) is 5.58 Å². The molecule has 4 nitrogen and oxygen atoms in total. The number of methoxy groups -OCH3 is 2. The van der Waals surface area contributed by atoms with E-state index in [2.05, 4.69) is 17.3 Å². The lowest BCUT2D eigenvalue weighted by molar-refractivity contribution is 0.412. The summed E-state index contributed by atoms with van der Waals surface area (Å²) in [6.45, 7) is 0. The van der Waals surface area contributed by atoms with Gasteiger partial charge in [0.25, 0.3) is 0 Å². The average molecular weight is 305 g/mol. The summed E-state index contributed by atoms with van der Waals surface area (Å²) >= 11 is 0. The van der Waals surface area contributed by atoms with Crippen LogP contribution in [0.2, 0.25) is 0 Å². The van der Waals surface area contributed by atoms with Crippen molar-refractivity contribution in [2.45, 2.75) is 0 Å². The van der Waals surface area contributed by atoms with Gasteiger partial charge in [-0.05, 0) is 41.1 Å². The number of ether oxygens (including phenoxy) is 2. The quantitative estimate of drug-likeness (QED) is 0.552. The molecule has 0 saturated carbocycles. The van der Waals surface area contributed by atoms with E-state index in [1.165, 1.54) is 0 Å². The maximum atomic E-state index is 5.44. The van der Waals surface area contributed by atoms with Crippen LogP contribution in [-0.4, -0.2) is 19.4 Å². The van der Waals surface area contributed by atoms with Gasteiger partial charge in [-0.1, -0.05) is 23.4 Å². The first kappa shape index (κ1) is 13.6. The third-order valence-electron chi connectivity index (χ3n) is 4.00. The van der Waals surface area contributed by atoms with E-state index in [0.717, 1.165) is 38.9 Å². The molecule has 0 aliphatic rings. The molecule has 0 amide bonds.